The number of ether oxygens (including phenoxy) is 2. The highest BCUT2D eigenvalue weighted by atomic mass is 16.5. The molecule has 0 spiro atoms. The van der Waals surface area contributed by atoms with Gasteiger partial charge >= 0.3 is 11.9 Å². The van der Waals surface area contributed by atoms with E-state index in [9.17, 15) is 9.59 Å². The Morgan fingerprint density at radius 2 is 1.24 bits per heavy atom. The van der Waals surface area contributed by atoms with E-state index in [4.69, 9.17) is 9.47 Å². The summed E-state index contributed by atoms with van der Waals surface area (Å²) in [4.78, 5) is 27.6. The zero-order valence-corrected chi connectivity index (χ0v) is 16.9. The first-order valence-electron chi connectivity index (χ1n) is 9.94. The standard InChI is InChI=1S/C23H26N2O4/c1-28-22(26)9-5-16-3-7-20-18(11-16)13-24-15-25(20)14-19-12-17(4-8-21(19)24)6-10-23(27)29-2/h3-4,7-8,11-12H,5-6,9-10,13-15H2,1-2H3. The second kappa shape index (κ2) is 8.15. The summed E-state index contributed by atoms with van der Waals surface area (Å²) in [5.74, 6) is -0.354. The number of anilines is 2. The summed E-state index contributed by atoms with van der Waals surface area (Å²) < 4.78 is 9.50. The smallest absolute Gasteiger partial charge is 0.305 e. The van der Waals surface area contributed by atoms with Crippen LogP contribution in [0.2, 0.25) is 0 Å². The molecular formula is C23H26N2O4. The largest absolute Gasteiger partial charge is 0.469 e. The van der Waals surface area contributed by atoms with Gasteiger partial charge in [-0.1, -0.05) is 24.3 Å². The molecule has 0 atom stereocenters. The van der Waals surface area contributed by atoms with Crippen molar-refractivity contribution in [2.24, 2.45) is 0 Å². The average Bonchev–Trinajstić information content (AvgIpc) is 2.75. The monoisotopic (exact) mass is 394 g/mol. The number of esters is 2. The van der Waals surface area contributed by atoms with Gasteiger partial charge in [-0.3, -0.25) is 9.59 Å². The molecule has 0 N–H and O–H groups in total. The molecular weight excluding hydrogens is 368 g/mol. The van der Waals surface area contributed by atoms with Crippen molar-refractivity contribution in [1.82, 2.24) is 0 Å². The molecule has 152 valence electrons. The quantitative estimate of drug-likeness (QED) is 0.702. The fraction of sp³-hybridized carbons (Fsp3) is 0.391. The molecule has 2 heterocycles. The Morgan fingerprint density at radius 1 is 0.793 bits per heavy atom. The zero-order chi connectivity index (χ0) is 20.4. The number of rotatable bonds is 6. The third-order valence-electron chi connectivity index (χ3n) is 5.72. The van der Waals surface area contributed by atoms with Crippen molar-refractivity contribution >= 4 is 23.3 Å². The summed E-state index contributed by atoms with van der Waals surface area (Å²) in [6, 6.07) is 13.0. The van der Waals surface area contributed by atoms with Crippen LogP contribution in [0.15, 0.2) is 36.4 Å². The molecule has 6 nitrogen and oxygen atoms in total. The van der Waals surface area contributed by atoms with Gasteiger partial charge in [0.15, 0.2) is 0 Å². The molecule has 2 bridgehead atoms. The normalized spacial score (nSPS) is 14.1. The van der Waals surface area contributed by atoms with Crippen LogP contribution in [0.1, 0.15) is 35.1 Å². The van der Waals surface area contributed by atoms with E-state index in [0.717, 1.165) is 30.9 Å². The summed E-state index contributed by atoms with van der Waals surface area (Å²) in [6.45, 7) is 2.59. The second-order valence-corrected chi connectivity index (χ2v) is 7.62. The van der Waals surface area contributed by atoms with Crippen molar-refractivity contribution in [2.45, 2.75) is 38.8 Å². The number of nitrogens with zero attached hydrogens (tertiary/aromatic N) is 2. The van der Waals surface area contributed by atoms with Gasteiger partial charge in [-0.15, -0.1) is 0 Å². The maximum Gasteiger partial charge on any atom is 0.305 e. The summed E-state index contributed by atoms with van der Waals surface area (Å²) in [5.41, 5.74) is 7.42. The number of carbonyl (C=O) groups excluding carboxylic acids is 2. The van der Waals surface area contributed by atoms with E-state index < -0.39 is 0 Å². The van der Waals surface area contributed by atoms with Crippen molar-refractivity contribution < 1.29 is 19.1 Å². The van der Waals surface area contributed by atoms with Crippen molar-refractivity contribution in [3.8, 4) is 0 Å². The number of hydrogen-bond acceptors (Lipinski definition) is 6. The molecule has 2 aromatic rings. The van der Waals surface area contributed by atoms with Crippen LogP contribution < -0.4 is 9.80 Å². The van der Waals surface area contributed by atoms with Crippen LogP contribution >= 0.6 is 0 Å². The lowest BCUT2D eigenvalue weighted by molar-refractivity contribution is -0.141. The van der Waals surface area contributed by atoms with Gasteiger partial charge in [-0.25, -0.2) is 0 Å². The van der Waals surface area contributed by atoms with Crippen LogP contribution in [0, 0.1) is 0 Å². The molecule has 2 aliphatic rings. The van der Waals surface area contributed by atoms with Crippen LogP contribution in [-0.4, -0.2) is 32.8 Å². The summed E-state index contributed by atoms with van der Waals surface area (Å²) in [5, 5.41) is 0. The third kappa shape index (κ3) is 4.06. The molecule has 2 aromatic carbocycles. The fourth-order valence-corrected chi connectivity index (χ4v) is 4.20. The van der Waals surface area contributed by atoms with Crippen molar-refractivity contribution in [3.63, 3.8) is 0 Å². The van der Waals surface area contributed by atoms with E-state index in [1.807, 2.05) is 0 Å². The Labute approximate surface area is 171 Å². The van der Waals surface area contributed by atoms with Gasteiger partial charge in [0, 0.05) is 37.3 Å². The van der Waals surface area contributed by atoms with Crippen LogP contribution in [0.25, 0.3) is 0 Å². The molecule has 29 heavy (non-hydrogen) atoms. The summed E-state index contributed by atoms with van der Waals surface area (Å²) in [6.07, 6.45) is 2.19. The number of aryl methyl sites for hydroxylation is 2. The van der Waals surface area contributed by atoms with Crippen molar-refractivity contribution in [3.05, 3.63) is 58.7 Å². The number of benzene rings is 2. The van der Waals surface area contributed by atoms with Crippen LogP contribution in [-0.2, 0) is 45.0 Å². The highest BCUT2D eigenvalue weighted by Crippen LogP contribution is 2.38. The predicted octanol–water partition coefficient (Wildman–Crippen LogP) is 3.20. The Hall–Kier alpha value is -3.02. The number of methoxy groups -OCH3 is 2. The average molecular weight is 394 g/mol. The molecule has 0 saturated heterocycles. The fourth-order valence-electron chi connectivity index (χ4n) is 4.20. The third-order valence-corrected chi connectivity index (χ3v) is 5.72. The van der Waals surface area contributed by atoms with Crippen molar-refractivity contribution in [2.75, 3.05) is 30.7 Å². The minimum absolute atomic E-state index is 0.177. The second-order valence-electron chi connectivity index (χ2n) is 7.62. The predicted molar refractivity (Wildman–Crippen MR) is 111 cm³/mol. The van der Waals surface area contributed by atoms with E-state index in [2.05, 4.69) is 46.2 Å². The highest BCUT2D eigenvalue weighted by molar-refractivity contribution is 5.71. The molecule has 2 aliphatic heterocycles. The Kier molecular flexibility index (Phi) is 5.43. The molecule has 0 radical (unpaired) electrons. The molecule has 4 rings (SSSR count). The lowest BCUT2D eigenvalue weighted by atomic mass is 9.97. The lowest BCUT2D eigenvalue weighted by Crippen LogP contribution is -2.46. The molecule has 0 unspecified atom stereocenters. The lowest BCUT2D eigenvalue weighted by Gasteiger charge is -2.45. The van der Waals surface area contributed by atoms with Gasteiger partial charge in [0.1, 0.15) is 0 Å². The number of hydrogen-bond donors (Lipinski definition) is 0. The van der Waals surface area contributed by atoms with Gasteiger partial charge in [0.25, 0.3) is 0 Å². The van der Waals surface area contributed by atoms with Gasteiger partial charge in [0.2, 0.25) is 0 Å². The first-order valence-corrected chi connectivity index (χ1v) is 9.94. The van der Waals surface area contributed by atoms with Crippen LogP contribution in [0.5, 0.6) is 0 Å². The number of fused-ring (bicyclic) bond motifs is 6. The minimum Gasteiger partial charge on any atom is -0.469 e. The Bertz CT molecular complexity index is 865. The molecule has 0 fully saturated rings. The molecule has 0 saturated carbocycles. The van der Waals surface area contributed by atoms with E-state index >= 15 is 0 Å². The topological polar surface area (TPSA) is 59.1 Å². The first-order chi connectivity index (χ1) is 14.1. The minimum atomic E-state index is -0.177. The SMILES string of the molecule is COC(=O)CCc1ccc2c(c1)CN1CN2Cc2cc(CCC(=O)OC)ccc21. The zero-order valence-electron chi connectivity index (χ0n) is 16.9. The maximum atomic E-state index is 11.4. The van der Waals surface area contributed by atoms with Gasteiger partial charge < -0.3 is 19.3 Å². The van der Waals surface area contributed by atoms with E-state index in [0.29, 0.717) is 25.7 Å². The number of carbonyl (C=O) groups is 2. The summed E-state index contributed by atoms with van der Waals surface area (Å²) >= 11 is 0. The first kappa shape index (κ1) is 19.3. The van der Waals surface area contributed by atoms with Crippen LogP contribution in [0.4, 0.5) is 11.4 Å². The van der Waals surface area contributed by atoms with E-state index in [1.54, 1.807) is 0 Å². The molecule has 0 aromatic heterocycles. The van der Waals surface area contributed by atoms with Gasteiger partial charge in [-0.2, -0.15) is 0 Å². The van der Waals surface area contributed by atoms with Gasteiger partial charge in [0.05, 0.1) is 20.9 Å². The van der Waals surface area contributed by atoms with Gasteiger partial charge in [-0.05, 0) is 47.2 Å². The summed E-state index contributed by atoms with van der Waals surface area (Å²) in [7, 11) is 2.85. The molecule has 0 amide bonds. The van der Waals surface area contributed by atoms with Crippen molar-refractivity contribution in [1.29, 1.82) is 0 Å². The highest BCUT2D eigenvalue weighted by Gasteiger charge is 2.29. The van der Waals surface area contributed by atoms with E-state index in [-0.39, 0.29) is 11.9 Å². The van der Waals surface area contributed by atoms with Crippen LogP contribution in [0.3, 0.4) is 0 Å². The maximum absolute atomic E-state index is 11.4. The van der Waals surface area contributed by atoms with E-state index in [1.165, 1.54) is 36.7 Å². The molecule has 0 aliphatic carbocycles. The molecule has 6 heteroatoms. The Balaban J connectivity index is 1.51. The Morgan fingerprint density at radius 3 is 1.66 bits per heavy atom.